The van der Waals surface area contributed by atoms with Crippen LogP contribution in [0.15, 0.2) is 20.1 Å². The molecule has 7 heteroatoms. The van der Waals surface area contributed by atoms with E-state index in [2.05, 4.69) is 25.6 Å². The van der Waals surface area contributed by atoms with Crippen LogP contribution in [-0.2, 0) is 10.0 Å². The van der Waals surface area contributed by atoms with Gasteiger partial charge in [0.15, 0.2) is 0 Å². The average Bonchev–Trinajstić information content (AvgIpc) is 2.88. The van der Waals surface area contributed by atoms with E-state index in [1.54, 1.807) is 11.4 Å². The Kier molecular flexibility index (Phi) is 4.59. The van der Waals surface area contributed by atoms with Crippen LogP contribution in [0.25, 0.3) is 0 Å². The molecule has 0 saturated carbocycles. The summed E-state index contributed by atoms with van der Waals surface area (Å²) in [5, 5.41) is 1.76. The van der Waals surface area contributed by atoms with E-state index in [-0.39, 0.29) is 0 Å². The van der Waals surface area contributed by atoms with Crippen LogP contribution in [0.5, 0.6) is 0 Å². The molecular weight excluding hydrogens is 324 g/mol. The molecule has 0 bridgehead atoms. The Labute approximate surface area is 114 Å². The first-order valence-electron chi connectivity index (χ1n) is 5.54. The third kappa shape index (κ3) is 3.51. The zero-order chi connectivity index (χ0) is 12.3. The monoisotopic (exact) mass is 338 g/mol. The lowest BCUT2D eigenvalue weighted by molar-refractivity contribution is 0.344. The van der Waals surface area contributed by atoms with Gasteiger partial charge in [-0.1, -0.05) is 0 Å². The van der Waals surface area contributed by atoms with Crippen LogP contribution in [0.3, 0.4) is 0 Å². The van der Waals surface area contributed by atoms with Crippen molar-refractivity contribution in [1.82, 2.24) is 9.62 Å². The summed E-state index contributed by atoms with van der Waals surface area (Å²) in [5.41, 5.74) is 0. The largest absolute Gasteiger partial charge is 0.302 e. The lowest BCUT2D eigenvalue weighted by atomic mass is 10.4. The van der Waals surface area contributed by atoms with Gasteiger partial charge in [0.25, 0.3) is 10.0 Å². The Hall–Kier alpha value is 0.0500. The summed E-state index contributed by atoms with van der Waals surface area (Å²) in [6.07, 6.45) is 2.45. The van der Waals surface area contributed by atoms with Crippen molar-refractivity contribution in [2.45, 2.75) is 17.1 Å². The van der Waals surface area contributed by atoms with Crippen LogP contribution in [0, 0.1) is 0 Å². The molecule has 2 rings (SSSR count). The van der Waals surface area contributed by atoms with Crippen molar-refractivity contribution in [2.75, 3.05) is 26.2 Å². The van der Waals surface area contributed by atoms with E-state index in [9.17, 15) is 8.42 Å². The first kappa shape index (κ1) is 13.5. The first-order valence-corrected chi connectivity index (χ1v) is 8.70. The second-order valence-corrected chi connectivity index (χ2v) is 7.74. The highest BCUT2D eigenvalue weighted by atomic mass is 79.9. The van der Waals surface area contributed by atoms with Crippen molar-refractivity contribution in [2.24, 2.45) is 0 Å². The number of nitrogens with one attached hydrogen (secondary N) is 1. The van der Waals surface area contributed by atoms with Gasteiger partial charge in [-0.2, -0.15) is 0 Å². The fraction of sp³-hybridized carbons (Fsp3) is 0.600. The molecule has 1 aromatic heterocycles. The van der Waals surface area contributed by atoms with Gasteiger partial charge in [0, 0.05) is 17.6 Å². The molecule has 1 N–H and O–H groups in total. The summed E-state index contributed by atoms with van der Waals surface area (Å²) in [5.74, 6) is 0. The van der Waals surface area contributed by atoms with E-state index >= 15 is 0 Å². The van der Waals surface area contributed by atoms with Crippen LogP contribution in [0.1, 0.15) is 12.8 Å². The van der Waals surface area contributed by atoms with Crippen molar-refractivity contribution in [3.63, 3.8) is 0 Å². The van der Waals surface area contributed by atoms with Gasteiger partial charge in [0.2, 0.25) is 0 Å². The number of sulfonamides is 1. The number of thiophene rings is 1. The maximum absolute atomic E-state index is 11.9. The molecule has 0 aromatic carbocycles. The van der Waals surface area contributed by atoms with Crippen molar-refractivity contribution in [1.29, 1.82) is 0 Å². The molecule has 17 heavy (non-hydrogen) atoms. The van der Waals surface area contributed by atoms with Gasteiger partial charge in [0.05, 0.1) is 0 Å². The van der Waals surface area contributed by atoms with E-state index in [0.717, 1.165) is 19.6 Å². The molecule has 0 amide bonds. The van der Waals surface area contributed by atoms with E-state index in [1.165, 1.54) is 24.2 Å². The van der Waals surface area contributed by atoms with Crippen molar-refractivity contribution in [3.05, 3.63) is 15.9 Å². The van der Waals surface area contributed by atoms with Gasteiger partial charge in [-0.05, 0) is 53.3 Å². The second-order valence-electron chi connectivity index (χ2n) is 4.00. The number of hydrogen-bond donors (Lipinski definition) is 1. The normalized spacial score (nSPS) is 17.7. The highest BCUT2D eigenvalue weighted by molar-refractivity contribution is 9.10. The van der Waals surface area contributed by atoms with E-state index in [1.807, 2.05) is 0 Å². The third-order valence-corrected chi connectivity index (χ3v) is 6.88. The highest BCUT2D eigenvalue weighted by Gasteiger charge is 2.19. The number of hydrogen-bond acceptors (Lipinski definition) is 4. The van der Waals surface area contributed by atoms with E-state index in [0.29, 0.717) is 15.2 Å². The minimum atomic E-state index is -3.34. The third-order valence-electron chi connectivity index (χ3n) is 2.75. The SMILES string of the molecule is O=S(=O)(NCCN1CCCC1)c1sccc1Br. The van der Waals surface area contributed by atoms with Gasteiger partial charge in [-0.3, -0.25) is 0 Å². The van der Waals surface area contributed by atoms with Crippen molar-refractivity contribution < 1.29 is 8.42 Å². The Morgan fingerprint density at radius 3 is 2.71 bits per heavy atom. The molecule has 0 atom stereocenters. The zero-order valence-electron chi connectivity index (χ0n) is 9.36. The van der Waals surface area contributed by atoms with Gasteiger partial charge in [0.1, 0.15) is 4.21 Å². The van der Waals surface area contributed by atoms with Crippen LogP contribution in [-0.4, -0.2) is 39.5 Å². The summed E-state index contributed by atoms with van der Waals surface area (Å²) in [4.78, 5) is 2.28. The maximum Gasteiger partial charge on any atom is 0.251 e. The molecule has 0 unspecified atom stereocenters. The molecule has 96 valence electrons. The molecule has 0 aliphatic carbocycles. The smallest absolute Gasteiger partial charge is 0.251 e. The zero-order valence-corrected chi connectivity index (χ0v) is 12.6. The minimum absolute atomic E-state index is 0.360. The molecule has 1 aromatic rings. The lowest BCUT2D eigenvalue weighted by Crippen LogP contribution is -2.33. The van der Waals surface area contributed by atoms with Crippen LogP contribution in [0.2, 0.25) is 0 Å². The number of nitrogens with zero attached hydrogens (tertiary/aromatic N) is 1. The van der Waals surface area contributed by atoms with Crippen LogP contribution in [0.4, 0.5) is 0 Å². The van der Waals surface area contributed by atoms with Crippen molar-refractivity contribution in [3.8, 4) is 0 Å². The lowest BCUT2D eigenvalue weighted by Gasteiger charge is -2.14. The standard InChI is InChI=1S/C10H15BrN2O2S2/c11-9-3-8-16-10(9)17(14,15)12-4-7-13-5-1-2-6-13/h3,8,12H,1-2,4-7H2. The number of rotatable bonds is 5. The Morgan fingerprint density at radius 1 is 1.41 bits per heavy atom. The molecule has 2 heterocycles. The second kappa shape index (κ2) is 5.79. The first-order chi connectivity index (χ1) is 8.09. The molecule has 4 nitrogen and oxygen atoms in total. The molecule has 1 fully saturated rings. The summed E-state index contributed by atoms with van der Waals surface area (Å²) in [7, 11) is -3.34. The van der Waals surface area contributed by atoms with Crippen LogP contribution >= 0.6 is 27.3 Å². The van der Waals surface area contributed by atoms with Gasteiger partial charge in [-0.25, -0.2) is 13.1 Å². The fourth-order valence-electron chi connectivity index (χ4n) is 1.88. The van der Waals surface area contributed by atoms with Gasteiger partial charge >= 0.3 is 0 Å². The molecule has 1 aliphatic heterocycles. The van der Waals surface area contributed by atoms with Gasteiger partial charge < -0.3 is 4.90 Å². The molecule has 1 saturated heterocycles. The predicted octanol–water partition coefficient (Wildman–Crippen LogP) is 1.88. The fourth-order valence-corrected chi connectivity index (χ4v) is 5.28. The van der Waals surface area contributed by atoms with Gasteiger partial charge in [-0.15, -0.1) is 11.3 Å². The number of likely N-dealkylation sites (tertiary alicyclic amines) is 1. The Bertz CT molecular complexity index is 466. The summed E-state index contributed by atoms with van der Waals surface area (Å²) in [6.45, 7) is 3.45. The highest BCUT2D eigenvalue weighted by Crippen LogP contribution is 2.27. The quantitative estimate of drug-likeness (QED) is 0.891. The Balaban J connectivity index is 1.87. The average molecular weight is 339 g/mol. The summed E-state index contributed by atoms with van der Waals surface area (Å²) < 4.78 is 27.5. The topological polar surface area (TPSA) is 49.4 Å². The van der Waals surface area contributed by atoms with E-state index in [4.69, 9.17) is 0 Å². The minimum Gasteiger partial charge on any atom is -0.302 e. The predicted molar refractivity (Wildman–Crippen MR) is 72.9 cm³/mol. The summed E-state index contributed by atoms with van der Waals surface area (Å²) in [6, 6.07) is 1.75. The van der Waals surface area contributed by atoms with Crippen molar-refractivity contribution >= 4 is 37.3 Å². The van der Waals surface area contributed by atoms with Crippen LogP contribution < -0.4 is 4.72 Å². The Morgan fingerprint density at radius 2 is 2.12 bits per heavy atom. The summed E-state index contributed by atoms with van der Waals surface area (Å²) >= 11 is 4.47. The molecular formula is C10H15BrN2O2S2. The molecule has 0 radical (unpaired) electrons. The van der Waals surface area contributed by atoms with E-state index < -0.39 is 10.0 Å². The number of halogens is 1. The molecule has 0 spiro atoms. The maximum atomic E-state index is 11.9. The molecule has 1 aliphatic rings.